The molecule has 0 aliphatic carbocycles. The zero-order valence-corrected chi connectivity index (χ0v) is 80.0. The third-order valence-corrected chi connectivity index (χ3v) is 22.6. The highest BCUT2D eigenvalue weighted by atomic mass is 16.4. The van der Waals surface area contributed by atoms with Crippen LogP contribution in [0.4, 0.5) is 0 Å². The number of guanidine groups is 5. The van der Waals surface area contributed by atoms with Gasteiger partial charge in [-0.25, -0.2) is 4.79 Å². The van der Waals surface area contributed by atoms with Gasteiger partial charge in [-0.2, -0.15) is 0 Å². The first-order valence-corrected chi connectivity index (χ1v) is 47.4. The number of phenolic OH excluding ortho intramolecular Hbond substituents is 1. The number of para-hydroxylation sites is 1. The number of phenols is 1. The number of aliphatic carboxylic acids is 1. The SMILES string of the molecule is CCCCCCCCCCCCCC(=O)NC(CCCNC(=N)N)C(=O)NC(CC(C)C)C(=O)NC(Cc1ccc(O)cc1)C(=O)NC(CCCNC(=N)N)C(=O)NC(CCCCN)C(=O)NC(CCCNC(=N)N)C(=O)NC(C(=O)NC(Cc1c[nH]c2ccccc12)C(=O)NC(CCCNC(=N)N)C(=O)NC(CO)C(=O)NC(C)C(=O)NCC(=O)NC(CCCNC(=N)N)C(=O)O)C(C)CC. The normalized spacial score (nSPS) is 13.9. The van der Waals surface area contributed by atoms with Gasteiger partial charge in [-0.15, -0.1) is 0 Å². The summed E-state index contributed by atoms with van der Waals surface area (Å²) in [4.78, 5) is 203. The van der Waals surface area contributed by atoms with E-state index in [4.69, 9.17) is 61.4 Å². The average molecular weight is 1930 g/mol. The van der Waals surface area contributed by atoms with Crippen molar-refractivity contribution in [2.24, 2.45) is 46.2 Å². The molecule has 2 aromatic carbocycles. The summed E-state index contributed by atoms with van der Waals surface area (Å²) in [6.45, 7) is 8.99. The molecule has 3 rings (SSSR count). The predicted molar refractivity (Wildman–Crippen MR) is 519 cm³/mol. The molecule has 3 aromatic rings. The van der Waals surface area contributed by atoms with Gasteiger partial charge in [0.25, 0.3) is 0 Å². The molecule has 0 bridgehead atoms. The minimum Gasteiger partial charge on any atom is -0.508 e. The van der Waals surface area contributed by atoms with Gasteiger partial charge >= 0.3 is 5.97 Å². The summed E-state index contributed by atoms with van der Waals surface area (Å²) in [6, 6.07) is -5.20. The molecule has 0 radical (unpaired) electrons. The molecule has 0 saturated carbocycles. The molecular formula is C90H154N30O17. The van der Waals surface area contributed by atoms with Crippen LogP contribution in [0.3, 0.4) is 0 Å². The molecule has 47 heteroatoms. The summed E-state index contributed by atoms with van der Waals surface area (Å²) >= 11 is 0. The van der Waals surface area contributed by atoms with Crippen LogP contribution in [0, 0.1) is 38.9 Å². The molecule has 0 fully saturated rings. The fourth-order valence-electron chi connectivity index (χ4n) is 14.7. The van der Waals surface area contributed by atoms with Crippen molar-refractivity contribution in [3.05, 3.63) is 65.9 Å². The van der Waals surface area contributed by atoms with Crippen LogP contribution in [0.1, 0.15) is 226 Å². The molecule has 47 nitrogen and oxygen atoms in total. The lowest BCUT2D eigenvalue weighted by atomic mass is 9.96. The van der Waals surface area contributed by atoms with Crippen molar-refractivity contribution < 1.29 is 82.4 Å². The maximum absolute atomic E-state index is 15.3. The minimum absolute atomic E-state index is 0.00285. The average Bonchev–Trinajstić information content (AvgIpc) is 1.68. The van der Waals surface area contributed by atoms with E-state index in [1.54, 1.807) is 44.3 Å². The van der Waals surface area contributed by atoms with Crippen molar-refractivity contribution in [1.82, 2.24) is 101 Å². The van der Waals surface area contributed by atoms with Crippen molar-refractivity contribution in [1.29, 1.82) is 27.0 Å². The fraction of sp³-hybridized carbons (Fsp3) is 0.633. The van der Waals surface area contributed by atoms with Crippen LogP contribution < -0.4 is 130 Å². The number of nitrogens with one attached hydrogen (secondary N) is 24. The van der Waals surface area contributed by atoms with Gasteiger partial charge in [0.2, 0.25) is 76.8 Å². The molecule has 13 atom stereocenters. The summed E-state index contributed by atoms with van der Waals surface area (Å²) in [5.41, 5.74) is 35.2. The molecule has 0 spiro atoms. The summed E-state index contributed by atoms with van der Waals surface area (Å²) in [7, 11) is 0. The van der Waals surface area contributed by atoms with Crippen LogP contribution in [0.25, 0.3) is 10.9 Å². The monoisotopic (exact) mass is 1930 g/mol. The quantitative estimate of drug-likeness (QED) is 0.0164. The molecule has 13 unspecified atom stereocenters. The van der Waals surface area contributed by atoms with Crippen LogP contribution in [0.5, 0.6) is 5.75 Å². The number of aliphatic hydroxyl groups is 1. The molecule has 39 N–H and O–H groups in total. The number of carbonyl (C=O) groups excluding carboxylic acids is 13. The number of rotatable bonds is 71. The van der Waals surface area contributed by atoms with E-state index in [-0.39, 0.29) is 178 Å². The third-order valence-electron chi connectivity index (χ3n) is 22.6. The molecule has 0 saturated heterocycles. The Hall–Kier alpha value is -13.4. The number of fused-ring (bicyclic) bond motifs is 1. The zero-order valence-electron chi connectivity index (χ0n) is 80.0. The number of aromatic amines is 1. The number of carboxylic acids is 1. The summed E-state index contributed by atoms with van der Waals surface area (Å²) in [5.74, 6) is -16.0. The number of carboxylic acid groups (broad SMARTS) is 1. The molecule has 0 aliphatic heterocycles. The summed E-state index contributed by atoms with van der Waals surface area (Å²) in [6.07, 6.45) is 13.5. The van der Waals surface area contributed by atoms with Crippen molar-refractivity contribution in [3.8, 4) is 5.75 Å². The van der Waals surface area contributed by atoms with E-state index in [1.165, 1.54) is 63.3 Å². The largest absolute Gasteiger partial charge is 0.508 e. The Morgan fingerprint density at radius 1 is 0.380 bits per heavy atom. The van der Waals surface area contributed by atoms with Crippen molar-refractivity contribution >= 4 is 123 Å². The molecule has 766 valence electrons. The van der Waals surface area contributed by atoms with Gasteiger partial charge in [-0.3, -0.25) is 89.4 Å². The summed E-state index contributed by atoms with van der Waals surface area (Å²) < 4.78 is 0. The number of benzene rings is 2. The molecular weight excluding hydrogens is 1770 g/mol. The van der Waals surface area contributed by atoms with Gasteiger partial charge in [0.1, 0.15) is 78.3 Å². The smallest absolute Gasteiger partial charge is 0.326 e. The fourth-order valence-corrected chi connectivity index (χ4v) is 14.7. The Kier molecular flexibility index (Phi) is 56.9. The van der Waals surface area contributed by atoms with Crippen LogP contribution in [-0.4, -0.2) is 258 Å². The van der Waals surface area contributed by atoms with E-state index in [9.17, 15) is 53.7 Å². The van der Waals surface area contributed by atoms with E-state index in [1.807, 2.05) is 13.8 Å². The first kappa shape index (κ1) is 118. The second kappa shape index (κ2) is 66.1. The van der Waals surface area contributed by atoms with Gasteiger partial charge in [-0.05, 0) is 151 Å². The first-order chi connectivity index (χ1) is 65.2. The molecule has 13 amide bonds. The Bertz CT molecular complexity index is 4370. The van der Waals surface area contributed by atoms with Crippen LogP contribution in [0.15, 0.2) is 54.7 Å². The second-order valence-electron chi connectivity index (χ2n) is 34.6. The van der Waals surface area contributed by atoms with E-state index in [2.05, 4.69) is 108 Å². The molecule has 1 aromatic heterocycles. The first-order valence-electron chi connectivity index (χ1n) is 47.4. The van der Waals surface area contributed by atoms with Crippen LogP contribution in [-0.2, 0) is 80.0 Å². The van der Waals surface area contributed by atoms with Gasteiger partial charge in [-0.1, -0.05) is 136 Å². The Morgan fingerprint density at radius 2 is 0.752 bits per heavy atom. The van der Waals surface area contributed by atoms with Crippen molar-refractivity contribution in [2.45, 2.75) is 300 Å². The molecule has 1 heterocycles. The Labute approximate surface area is 800 Å². The lowest BCUT2D eigenvalue weighted by Crippen LogP contribution is -2.62. The number of amides is 13. The number of carbonyl (C=O) groups is 14. The number of hydrogen-bond donors (Lipinski definition) is 33. The van der Waals surface area contributed by atoms with Gasteiger partial charge in [0.15, 0.2) is 29.8 Å². The molecule has 137 heavy (non-hydrogen) atoms. The number of nitrogens with two attached hydrogens (primary N) is 6. The highest BCUT2D eigenvalue weighted by Crippen LogP contribution is 2.22. The van der Waals surface area contributed by atoms with Gasteiger partial charge in [0, 0.05) is 69.1 Å². The second-order valence-corrected chi connectivity index (χ2v) is 34.6. The van der Waals surface area contributed by atoms with E-state index in [0.717, 1.165) is 32.1 Å². The summed E-state index contributed by atoms with van der Waals surface area (Å²) in [5, 5.41) is 117. The predicted octanol–water partition coefficient (Wildman–Crippen LogP) is -2.07. The van der Waals surface area contributed by atoms with E-state index < -0.39 is 186 Å². The number of aromatic hydroxyl groups is 1. The maximum Gasteiger partial charge on any atom is 0.326 e. The Balaban J connectivity index is 2.07. The number of hydrogen-bond acceptors (Lipinski definition) is 22. The Morgan fingerprint density at radius 3 is 1.19 bits per heavy atom. The van der Waals surface area contributed by atoms with Crippen molar-refractivity contribution in [3.63, 3.8) is 0 Å². The standard InChI is InChI=1S/C90H154N30O17/c1-7-9-10-11-12-13-14-15-16-17-18-36-71(123)110-61(31-23-42-102-86(92)93)75(126)116-67(47-53(3)4)80(131)117-68(48-56-37-39-58(122)40-38-56)81(132)114-63(32-24-43-103-87(94)95)77(128)112-62(30-21-22-41-91)76(127)113-65(34-26-45-105-89(98)99)79(130)120-73(54(5)8-2)84(135)118-69(49-57-50-107-60-29-20-19-28-59(57)60)82(133)115-64(33-25-44-104-88(96)97)78(129)119-70(52-121)83(134)109-55(6)74(125)108-51-72(124)111-66(85(136)137)35-27-46-106-90(100)101/h19-20,28-29,37-40,50,53-55,61-70,73,107,121-122H,7-18,21-27,30-36,41-49,51-52,91H2,1-6H3,(H,108,125)(H,109,134)(H,110,123)(H,111,124)(H,112,128)(H,113,127)(H,114,132)(H,115,133)(H,116,126)(H,117,131)(H,118,135)(H,119,129)(H,120,130)(H,136,137)(H4,92,93,102)(H4,94,95,103)(H4,96,97,104)(H4,98,99,105)(H4,100,101,106). The number of aromatic nitrogens is 1. The molecule has 0 aliphatic rings. The zero-order chi connectivity index (χ0) is 102. The number of aliphatic hydroxyl groups excluding tert-OH is 1. The minimum atomic E-state index is -1.80. The van der Waals surface area contributed by atoms with Crippen LogP contribution in [0.2, 0.25) is 0 Å². The van der Waals surface area contributed by atoms with E-state index in [0.29, 0.717) is 34.9 Å². The maximum atomic E-state index is 15.3. The highest BCUT2D eigenvalue weighted by molar-refractivity contribution is 6.00. The number of H-pyrrole nitrogens is 1. The third kappa shape index (κ3) is 49.1. The lowest BCUT2D eigenvalue weighted by Gasteiger charge is -2.30. The lowest BCUT2D eigenvalue weighted by molar-refractivity contribution is -0.142. The number of unbranched alkanes of at least 4 members (excludes halogenated alkanes) is 11. The van der Waals surface area contributed by atoms with Gasteiger partial charge < -0.3 is 150 Å². The van der Waals surface area contributed by atoms with Crippen LogP contribution >= 0.6 is 0 Å². The van der Waals surface area contributed by atoms with Gasteiger partial charge in [0.05, 0.1) is 13.2 Å². The van der Waals surface area contributed by atoms with E-state index >= 15 is 28.8 Å². The topological polar surface area (TPSA) is 807 Å². The highest BCUT2D eigenvalue weighted by Gasteiger charge is 2.39. The van der Waals surface area contributed by atoms with Crippen molar-refractivity contribution in [2.75, 3.05) is 52.4 Å².